The number of primary amides is 1. The third-order valence-electron chi connectivity index (χ3n) is 15.2. The largest absolute Gasteiger partial charge is 0.508 e. The van der Waals surface area contributed by atoms with Gasteiger partial charge in [-0.1, -0.05) is 61.4 Å². The van der Waals surface area contributed by atoms with Crippen LogP contribution in [0.15, 0.2) is 39.2 Å². The lowest BCUT2D eigenvalue weighted by Gasteiger charge is -2.32. The average Bonchev–Trinajstić information content (AvgIpc) is 1.61. The van der Waals surface area contributed by atoms with Crippen molar-refractivity contribution < 1.29 is 62.6 Å². The second-order valence-corrected chi connectivity index (χ2v) is 27.4. The van der Waals surface area contributed by atoms with Crippen molar-refractivity contribution in [3.05, 3.63) is 29.8 Å². The molecule has 10 atom stereocenters. The van der Waals surface area contributed by atoms with Crippen molar-refractivity contribution in [1.82, 2.24) is 57.7 Å². The highest BCUT2D eigenvalue weighted by atomic mass is 33.1. The van der Waals surface area contributed by atoms with E-state index in [1.807, 2.05) is 0 Å². The van der Waals surface area contributed by atoms with Crippen LogP contribution in [0.5, 0.6) is 5.75 Å². The molecule has 12 amide bonds. The highest BCUT2D eigenvalue weighted by Gasteiger charge is 2.41. The topological polar surface area (TPSA) is 559 Å². The molecular formula is C59H99N21O13S3. The maximum absolute atomic E-state index is 14.9. The molecule has 0 bridgehead atoms. The van der Waals surface area contributed by atoms with Gasteiger partial charge in [0, 0.05) is 58.1 Å². The number of likely N-dealkylation sites (N-methyl/N-ethyl adjacent to an activating group) is 1. The van der Waals surface area contributed by atoms with E-state index < -0.39 is 144 Å². The van der Waals surface area contributed by atoms with E-state index in [2.05, 4.69) is 62.8 Å². The maximum atomic E-state index is 14.9. The van der Waals surface area contributed by atoms with Crippen LogP contribution in [-0.4, -0.2) is 227 Å². The fraction of sp³-hybridized carbons (Fsp3) is 0.644. The number of amides is 12. The molecule has 0 saturated carbocycles. The summed E-state index contributed by atoms with van der Waals surface area (Å²) in [6.07, 6.45) is 2.39. The fourth-order valence-corrected chi connectivity index (χ4v) is 13.0. The van der Waals surface area contributed by atoms with E-state index in [-0.39, 0.29) is 131 Å². The molecule has 2 fully saturated rings. The molecule has 1 aromatic carbocycles. The second-order valence-electron chi connectivity index (χ2n) is 23.9. The number of aromatic hydroxyl groups is 1. The summed E-state index contributed by atoms with van der Waals surface area (Å²) in [6.45, 7) is 7.48. The lowest BCUT2D eigenvalue weighted by Crippen LogP contribution is -2.61. The molecule has 2 aliphatic rings. The Morgan fingerprint density at radius 3 is 1.81 bits per heavy atom. The van der Waals surface area contributed by atoms with Gasteiger partial charge in [0.2, 0.25) is 70.9 Å². The number of hydrogen-bond donors (Lipinski definition) is 17. The quantitative estimate of drug-likeness (QED) is 0.0200. The fourth-order valence-electron chi connectivity index (χ4n) is 10.2. The number of aliphatic imine (C=N–C) groups is 3. The van der Waals surface area contributed by atoms with Crippen LogP contribution < -0.4 is 88.0 Å². The Morgan fingerprint density at radius 1 is 0.677 bits per heavy atom. The number of carbonyl (C=O) groups is 12. The van der Waals surface area contributed by atoms with Crippen molar-refractivity contribution in [3.8, 4) is 5.75 Å². The van der Waals surface area contributed by atoms with Gasteiger partial charge in [-0.25, -0.2) is 0 Å². The van der Waals surface area contributed by atoms with Crippen molar-refractivity contribution in [2.75, 3.05) is 63.3 Å². The number of fused-ring (bicyclic) bond motifs is 1. The summed E-state index contributed by atoms with van der Waals surface area (Å²) in [7, 11) is 3.32. The van der Waals surface area contributed by atoms with Crippen LogP contribution in [0.3, 0.4) is 0 Å². The van der Waals surface area contributed by atoms with Gasteiger partial charge in [-0.05, 0) is 106 Å². The first-order valence-electron chi connectivity index (χ1n) is 31.5. The van der Waals surface area contributed by atoms with Gasteiger partial charge in [0.15, 0.2) is 17.9 Å². The molecule has 37 heteroatoms. The second kappa shape index (κ2) is 42.2. The molecule has 2 heterocycles. The monoisotopic (exact) mass is 1410 g/mol. The van der Waals surface area contributed by atoms with E-state index >= 15 is 0 Å². The van der Waals surface area contributed by atoms with Crippen molar-refractivity contribution in [2.45, 2.75) is 166 Å². The van der Waals surface area contributed by atoms with Crippen LogP contribution in [0.25, 0.3) is 0 Å². The Labute approximate surface area is 571 Å². The van der Waals surface area contributed by atoms with Crippen LogP contribution in [0, 0.1) is 11.8 Å². The van der Waals surface area contributed by atoms with E-state index in [9.17, 15) is 62.6 Å². The van der Waals surface area contributed by atoms with Gasteiger partial charge < -0.3 is 103 Å². The molecular weight excluding hydrogens is 1310 g/mol. The minimum absolute atomic E-state index is 0.0155. The van der Waals surface area contributed by atoms with Crippen molar-refractivity contribution >= 4 is 122 Å². The molecule has 0 radical (unpaired) electrons. The molecule has 0 aliphatic carbocycles. The summed E-state index contributed by atoms with van der Waals surface area (Å²) in [5.41, 5.74) is 39.6. The number of carbonyl (C=O) groups excluding carboxylic acids is 12. The van der Waals surface area contributed by atoms with Gasteiger partial charge in [0.25, 0.3) is 0 Å². The van der Waals surface area contributed by atoms with Gasteiger partial charge in [-0.2, -0.15) is 11.8 Å². The first kappa shape index (κ1) is 81.8. The van der Waals surface area contributed by atoms with Gasteiger partial charge in [-0.3, -0.25) is 72.5 Å². The molecule has 3 rings (SSSR count). The van der Waals surface area contributed by atoms with Crippen molar-refractivity contribution in [3.63, 3.8) is 0 Å². The minimum Gasteiger partial charge on any atom is -0.508 e. The number of nitrogens with zero attached hydrogens (tertiary/aromatic N) is 5. The van der Waals surface area contributed by atoms with E-state index in [0.717, 1.165) is 26.5 Å². The standard InChI is InChI=1S/C59H99N21O13S3/c1-31(2)26-44-52(89)70-28-45(83)72-37(13-9-22-68-58(63)64)49(86)78-46(32(3)4)54(91)75-40(27-34-16-18-35(82)19-17-34)50(87)73-38(14-10-23-69-59(65)66)56(93)80-24-11-15-43(80)53(90)76-41(47(60)84)29-95-96-30-42(51(88)74-39(20-25-94-7)55(92)79(44)6)77-48(85)36(71-33(5)81)12-8-21-67-57(61)62/h16-19,31-32,36-44,46,82H,8-15,20-30H2,1-7H3,(H2,60,84)(H,70,89)(H,71,81)(H,72,83)(H,73,87)(H,74,88)(H,75,91)(H,76,90)(H,77,85)(H,78,86)(H4,61,62,67)(H4,63,64,68)(H4,65,66,69). The number of phenolic OH excluding ortho intramolecular Hbond substituents is 1. The normalized spacial score (nSPS) is 23.2. The molecule has 1 aromatic rings. The van der Waals surface area contributed by atoms with Crippen molar-refractivity contribution in [2.24, 2.45) is 66.9 Å². The number of hydrogen-bond acceptors (Lipinski definition) is 19. The number of benzene rings is 1. The molecule has 10 unspecified atom stereocenters. The van der Waals surface area contributed by atoms with E-state index in [0.29, 0.717) is 17.7 Å². The van der Waals surface area contributed by atoms with E-state index in [4.69, 9.17) is 40.1 Å². The minimum atomic E-state index is -1.48. The number of guanidine groups is 3. The summed E-state index contributed by atoms with van der Waals surface area (Å²) in [5.74, 6) is -11.4. The number of phenols is 1. The van der Waals surface area contributed by atoms with E-state index in [1.54, 1.807) is 34.0 Å². The highest BCUT2D eigenvalue weighted by molar-refractivity contribution is 8.76. The van der Waals surface area contributed by atoms with Crippen LogP contribution >= 0.6 is 33.3 Å². The van der Waals surface area contributed by atoms with Crippen LogP contribution in [0.1, 0.15) is 104 Å². The summed E-state index contributed by atoms with van der Waals surface area (Å²) in [6, 6.07) is -7.67. The lowest BCUT2D eigenvalue weighted by molar-refractivity contribution is -0.143. The highest BCUT2D eigenvalue weighted by Crippen LogP contribution is 2.26. The summed E-state index contributed by atoms with van der Waals surface area (Å²) in [5, 5.41) is 34.2. The summed E-state index contributed by atoms with van der Waals surface area (Å²) < 4.78 is 0. The Kier molecular flexibility index (Phi) is 35.9. The van der Waals surface area contributed by atoms with Crippen molar-refractivity contribution in [1.29, 1.82) is 0 Å². The SMILES string of the molecule is CSCCC1NC(=O)C(NC(=O)C(CCCN=C(N)N)NC(C)=O)CSSCC(C(N)=O)NC(=O)C2CCCN2C(=O)C(CCCN=C(N)N)NC(=O)C(Cc2ccc(O)cc2)NC(=O)C(C(C)C)NC(=O)C(CCCN=C(N)N)NC(=O)CNC(=O)C(CC(C)C)N(C)C1=O. The summed E-state index contributed by atoms with van der Waals surface area (Å²) in [4.78, 5) is 185. The molecule has 0 aromatic heterocycles. The number of rotatable bonds is 24. The number of nitrogens with one attached hydrogen (secondary N) is 9. The molecule has 2 aliphatic heterocycles. The third-order valence-corrected chi connectivity index (χ3v) is 18.3. The predicted octanol–water partition coefficient (Wildman–Crippen LogP) is -4.74. The van der Waals surface area contributed by atoms with Crippen LogP contribution in [0.2, 0.25) is 0 Å². The first-order valence-corrected chi connectivity index (χ1v) is 35.4. The molecule has 34 nitrogen and oxygen atoms in total. The Hall–Kier alpha value is -8.48. The van der Waals surface area contributed by atoms with Gasteiger partial charge in [0.1, 0.15) is 66.2 Å². The van der Waals surface area contributed by atoms with Gasteiger partial charge in [-0.15, -0.1) is 0 Å². The zero-order chi connectivity index (χ0) is 71.8. The molecule has 2 saturated heterocycles. The first-order chi connectivity index (χ1) is 45.3. The zero-order valence-electron chi connectivity index (χ0n) is 55.5. The Bertz CT molecular complexity index is 2910. The average molecular weight is 1410 g/mol. The van der Waals surface area contributed by atoms with Crippen LogP contribution in [-0.2, 0) is 64.0 Å². The number of nitrogens with two attached hydrogens (primary N) is 7. The maximum Gasteiger partial charge on any atom is 0.245 e. The summed E-state index contributed by atoms with van der Waals surface area (Å²) >= 11 is 1.36. The smallest absolute Gasteiger partial charge is 0.245 e. The lowest BCUT2D eigenvalue weighted by atomic mass is 9.99. The molecule has 96 heavy (non-hydrogen) atoms. The van der Waals surface area contributed by atoms with E-state index in [1.165, 1.54) is 54.9 Å². The van der Waals surface area contributed by atoms with Gasteiger partial charge >= 0.3 is 0 Å². The number of thioether (sulfide) groups is 1. The Morgan fingerprint density at radius 2 is 1.24 bits per heavy atom. The molecule has 536 valence electrons. The Balaban J connectivity index is 2.25. The molecule has 0 spiro atoms. The van der Waals surface area contributed by atoms with Crippen LogP contribution in [0.4, 0.5) is 0 Å². The predicted molar refractivity (Wildman–Crippen MR) is 368 cm³/mol. The van der Waals surface area contributed by atoms with Gasteiger partial charge in [0.05, 0.1) is 6.54 Å². The zero-order valence-corrected chi connectivity index (χ0v) is 58.0. The third kappa shape index (κ3) is 29.3. The molecule has 24 N–H and O–H groups in total.